The number of carbonyl (C=O) groups excluding carboxylic acids is 2. The summed E-state index contributed by atoms with van der Waals surface area (Å²) in [6.07, 6.45) is 22.5. The third-order valence-electron chi connectivity index (χ3n) is 5.50. The van der Waals surface area contributed by atoms with E-state index in [0.717, 1.165) is 32.1 Å². The molecule has 1 heterocycles. The molecule has 0 unspecified atom stereocenters. The molecular weight excluding hydrogens is 352 g/mol. The van der Waals surface area contributed by atoms with Crippen molar-refractivity contribution in [2.75, 3.05) is 6.54 Å². The summed E-state index contributed by atoms with van der Waals surface area (Å²) in [5.41, 5.74) is 0. The third kappa shape index (κ3) is 12.2. The van der Waals surface area contributed by atoms with E-state index in [1.54, 1.807) is 0 Å². The van der Waals surface area contributed by atoms with Crippen molar-refractivity contribution in [1.82, 2.24) is 11.1 Å². The van der Waals surface area contributed by atoms with E-state index in [0.29, 0.717) is 19.4 Å². The monoisotopic (exact) mass is 396 g/mol. The van der Waals surface area contributed by atoms with Gasteiger partial charge in [0, 0.05) is 13.0 Å². The van der Waals surface area contributed by atoms with Crippen molar-refractivity contribution in [3.63, 3.8) is 0 Å². The first-order valence-electron chi connectivity index (χ1n) is 11.3. The molecule has 1 fully saturated rings. The number of quaternary nitrogens is 1. The van der Waals surface area contributed by atoms with Crippen molar-refractivity contribution in [2.24, 2.45) is 0 Å². The first-order valence-corrected chi connectivity index (χ1v) is 11.3. The molecule has 0 spiro atoms. The zero-order chi connectivity index (χ0) is 19.7. The first-order chi connectivity index (χ1) is 13.2. The number of unbranched alkanes of at least 4 members (excludes halogenated alkanes) is 11. The molecule has 0 saturated carbocycles. The Morgan fingerprint density at radius 2 is 1.43 bits per heavy atom. The third-order valence-corrected chi connectivity index (χ3v) is 5.50. The number of hydrogen-bond donors (Lipinski definition) is 1. The molecule has 1 atom stereocenters. The van der Waals surface area contributed by atoms with Gasteiger partial charge in [-0.2, -0.15) is 0 Å². The SMILES string of the molecule is CCCCCCCC/C=C\CCCCCCCC(=O)N1CCC[C@H]1C(=O)[O-].[NH4+]. The van der Waals surface area contributed by atoms with Gasteiger partial charge in [-0.3, -0.25) is 4.79 Å². The summed E-state index contributed by atoms with van der Waals surface area (Å²) in [5, 5.41) is 11.0. The molecule has 1 saturated heterocycles. The number of carboxylic acid groups (broad SMARTS) is 1. The highest BCUT2D eigenvalue weighted by atomic mass is 16.4. The van der Waals surface area contributed by atoms with Gasteiger partial charge in [0.2, 0.25) is 5.91 Å². The predicted octanol–water partition coefficient (Wildman–Crippen LogP) is 5.14. The van der Waals surface area contributed by atoms with Gasteiger partial charge in [-0.15, -0.1) is 0 Å². The number of amides is 1. The maximum Gasteiger partial charge on any atom is 0.223 e. The fourth-order valence-corrected chi connectivity index (χ4v) is 3.80. The van der Waals surface area contributed by atoms with Gasteiger partial charge in [0.15, 0.2) is 0 Å². The van der Waals surface area contributed by atoms with Crippen molar-refractivity contribution < 1.29 is 14.7 Å². The fraction of sp³-hybridized carbons (Fsp3) is 0.826. The molecule has 0 radical (unpaired) electrons. The van der Waals surface area contributed by atoms with Crippen molar-refractivity contribution in [2.45, 2.75) is 116 Å². The minimum absolute atomic E-state index is 0. The molecule has 0 aromatic carbocycles. The Morgan fingerprint density at radius 1 is 0.893 bits per heavy atom. The van der Waals surface area contributed by atoms with Crippen LogP contribution in [0.5, 0.6) is 0 Å². The van der Waals surface area contributed by atoms with Crippen LogP contribution in [0.1, 0.15) is 110 Å². The lowest BCUT2D eigenvalue weighted by Gasteiger charge is -2.25. The summed E-state index contributed by atoms with van der Waals surface area (Å²) in [6, 6.07) is -0.694. The van der Waals surface area contributed by atoms with E-state index in [-0.39, 0.29) is 12.1 Å². The van der Waals surface area contributed by atoms with Crippen LogP contribution in [0.2, 0.25) is 0 Å². The largest absolute Gasteiger partial charge is 0.548 e. The molecule has 0 aliphatic carbocycles. The zero-order valence-electron chi connectivity index (χ0n) is 18.4. The van der Waals surface area contributed by atoms with Gasteiger partial charge < -0.3 is 21.0 Å². The molecular formula is C23H44N2O3. The second-order valence-electron chi connectivity index (χ2n) is 7.90. The van der Waals surface area contributed by atoms with Crippen molar-refractivity contribution in [3.05, 3.63) is 12.2 Å². The standard InChI is InChI=1S/C23H41NO3.H3N/c1-2-3-4-5-6-7-8-9-10-11-12-13-14-15-16-19-22(25)24-20-17-18-21(24)23(26)27;/h9-10,21H,2-8,11-20H2,1H3,(H,26,27);1H3/b10-9-;/t21-;/m0./s1. The van der Waals surface area contributed by atoms with E-state index in [2.05, 4.69) is 19.1 Å². The van der Waals surface area contributed by atoms with E-state index in [4.69, 9.17) is 0 Å². The van der Waals surface area contributed by atoms with Crippen LogP contribution in [0.3, 0.4) is 0 Å². The summed E-state index contributed by atoms with van der Waals surface area (Å²) in [4.78, 5) is 24.6. The maximum atomic E-state index is 12.1. The number of carboxylic acids is 1. The second kappa shape index (κ2) is 17.7. The van der Waals surface area contributed by atoms with Gasteiger partial charge in [0.25, 0.3) is 0 Å². The van der Waals surface area contributed by atoms with Crippen molar-refractivity contribution >= 4 is 11.9 Å². The number of carbonyl (C=O) groups is 2. The lowest BCUT2D eigenvalue weighted by atomic mass is 10.1. The molecule has 5 nitrogen and oxygen atoms in total. The van der Waals surface area contributed by atoms with Crippen LogP contribution in [-0.2, 0) is 9.59 Å². The number of allylic oxidation sites excluding steroid dienone is 2. The van der Waals surface area contributed by atoms with E-state index in [1.807, 2.05) is 0 Å². The molecule has 1 aliphatic heterocycles. The summed E-state index contributed by atoms with van der Waals surface area (Å²) >= 11 is 0. The summed E-state index contributed by atoms with van der Waals surface area (Å²) in [7, 11) is 0. The van der Waals surface area contributed by atoms with Gasteiger partial charge in [0.05, 0.1) is 12.0 Å². The quantitative estimate of drug-likeness (QED) is 0.289. The van der Waals surface area contributed by atoms with Gasteiger partial charge in [-0.1, -0.05) is 70.4 Å². The average Bonchev–Trinajstić information content (AvgIpc) is 3.15. The number of nitrogens with zero attached hydrogens (tertiary/aromatic N) is 1. The van der Waals surface area contributed by atoms with Crippen LogP contribution in [0.15, 0.2) is 12.2 Å². The van der Waals surface area contributed by atoms with Gasteiger partial charge >= 0.3 is 0 Å². The van der Waals surface area contributed by atoms with E-state index in [9.17, 15) is 14.7 Å². The highest BCUT2D eigenvalue weighted by Crippen LogP contribution is 2.19. The molecule has 28 heavy (non-hydrogen) atoms. The molecule has 5 heteroatoms. The Kier molecular flexibility index (Phi) is 16.9. The lowest BCUT2D eigenvalue weighted by molar-refractivity contribution is -0.310. The maximum absolute atomic E-state index is 12.1. The Balaban J connectivity index is 0.00000729. The molecule has 1 aliphatic rings. The van der Waals surface area contributed by atoms with E-state index >= 15 is 0 Å². The first kappa shape index (κ1) is 26.6. The molecule has 0 bridgehead atoms. The second-order valence-corrected chi connectivity index (χ2v) is 7.90. The molecule has 0 aromatic rings. The van der Waals surface area contributed by atoms with E-state index in [1.165, 1.54) is 62.7 Å². The number of rotatable bonds is 16. The molecule has 164 valence electrons. The normalized spacial score (nSPS) is 16.5. The molecule has 1 amide bonds. The summed E-state index contributed by atoms with van der Waals surface area (Å²) < 4.78 is 0. The van der Waals surface area contributed by atoms with Crippen LogP contribution in [-0.4, -0.2) is 29.4 Å². The van der Waals surface area contributed by atoms with Crippen LogP contribution in [0.25, 0.3) is 0 Å². The van der Waals surface area contributed by atoms with Crippen molar-refractivity contribution in [3.8, 4) is 0 Å². The van der Waals surface area contributed by atoms with Gasteiger partial charge in [-0.25, -0.2) is 0 Å². The topological polar surface area (TPSA) is 96.9 Å². The fourth-order valence-electron chi connectivity index (χ4n) is 3.80. The number of hydrogen-bond acceptors (Lipinski definition) is 3. The molecule has 1 rings (SSSR count). The predicted molar refractivity (Wildman–Crippen MR) is 115 cm³/mol. The number of likely N-dealkylation sites (tertiary alicyclic amines) is 1. The van der Waals surface area contributed by atoms with Gasteiger partial charge in [-0.05, 0) is 44.9 Å². The number of aliphatic carboxylic acids is 1. The zero-order valence-corrected chi connectivity index (χ0v) is 18.4. The lowest BCUT2D eigenvalue weighted by Crippen LogP contribution is -2.46. The van der Waals surface area contributed by atoms with Gasteiger partial charge in [0.1, 0.15) is 0 Å². The average molecular weight is 397 g/mol. The van der Waals surface area contributed by atoms with E-state index < -0.39 is 12.0 Å². The van der Waals surface area contributed by atoms with Crippen LogP contribution in [0.4, 0.5) is 0 Å². The van der Waals surface area contributed by atoms with Crippen LogP contribution >= 0.6 is 0 Å². The minimum atomic E-state index is -1.11. The Morgan fingerprint density at radius 3 is 2.00 bits per heavy atom. The summed E-state index contributed by atoms with van der Waals surface area (Å²) in [6.45, 7) is 2.83. The minimum Gasteiger partial charge on any atom is -0.548 e. The Labute approximate surface area is 172 Å². The Bertz CT molecular complexity index is 438. The smallest absolute Gasteiger partial charge is 0.223 e. The Hall–Kier alpha value is -1.36. The molecule has 4 N–H and O–H groups in total. The highest BCUT2D eigenvalue weighted by Gasteiger charge is 2.28. The van der Waals surface area contributed by atoms with Crippen molar-refractivity contribution in [1.29, 1.82) is 0 Å². The van der Waals surface area contributed by atoms with Crippen LogP contribution < -0.4 is 11.3 Å². The molecule has 0 aromatic heterocycles. The van der Waals surface area contributed by atoms with Crippen LogP contribution in [0, 0.1) is 0 Å². The summed E-state index contributed by atoms with van der Waals surface area (Å²) in [5.74, 6) is -1.12. The highest BCUT2D eigenvalue weighted by molar-refractivity contribution is 5.83.